The second-order valence-corrected chi connectivity index (χ2v) is 10.0. The molecule has 2 aliphatic rings. The number of methoxy groups -OCH3 is 1. The molecular formula is C27H23FN4O2S. The summed E-state index contributed by atoms with van der Waals surface area (Å²) in [5.74, 6) is 0.355. The zero-order valence-electron chi connectivity index (χ0n) is 19.3. The number of pyridine rings is 1. The van der Waals surface area contributed by atoms with Gasteiger partial charge in [0.1, 0.15) is 11.4 Å². The normalized spacial score (nSPS) is 22.7. The highest BCUT2D eigenvalue weighted by Gasteiger charge is 2.56. The molecule has 1 amide bonds. The van der Waals surface area contributed by atoms with Gasteiger partial charge in [0.2, 0.25) is 5.88 Å². The third-order valence-corrected chi connectivity index (χ3v) is 8.18. The highest BCUT2D eigenvalue weighted by Crippen LogP contribution is 2.57. The van der Waals surface area contributed by atoms with Gasteiger partial charge in [0.15, 0.2) is 5.17 Å². The largest absolute Gasteiger partial charge is 0.481 e. The number of ether oxygens (including phenoxy) is 1. The maximum atomic E-state index is 15.5. The molecule has 176 valence electrons. The number of carbonyl (C=O) groups excluding carboxylic acids is 1. The maximum Gasteiger partial charge on any atom is 0.257 e. The van der Waals surface area contributed by atoms with Crippen molar-refractivity contribution in [1.29, 1.82) is 5.26 Å². The van der Waals surface area contributed by atoms with E-state index in [1.165, 1.54) is 23.9 Å². The lowest BCUT2D eigenvalue weighted by atomic mass is 9.58. The molecule has 5 rings (SSSR count). The molecule has 1 N–H and O–H groups in total. The first-order chi connectivity index (χ1) is 16.9. The van der Waals surface area contributed by atoms with Gasteiger partial charge in [0.25, 0.3) is 5.91 Å². The van der Waals surface area contributed by atoms with E-state index in [1.54, 1.807) is 43.6 Å². The number of amides is 1. The molecule has 0 fully saturated rings. The van der Waals surface area contributed by atoms with Crippen LogP contribution in [0.2, 0.25) is 0 Å². The predicted octanol–water partition coefficient (Wildman–Crippen LogP) is 4.63. The smallest absolute Gasteiger partial charge is 0.257 e. The molecule has 3 aromatic rings. The van der Waals surface area contributed by atoms with Crippen LogP contribution in [0, 0.1) is 22.6 Å². The van der Waals surface area contributed by atoms with Gasteiger partial charge in [-0.2, -0.15) is 5.26 Å². The van der Waals surface area contributed by atoms with Crippen LogP contribution in [0.1, 0.15) is 39.5 Å². The lowest BCUT2D eigenvalue weighted by Gasteiger charge is -2.52. The average Bonchev–Trinajstić information content (AvgIpc) is 2.88. The minimum atomic E-state index is -1.07. The van der Waals surface area contributed by atoms with Crippen molar-refractivity contribution in [1.82, 2.24) is 10.3 Å². The summed E-state index contributed by atoms with van der Waals surface area (Å²) in [5.41, 5.74) is 1.58. The van der Waals surface area contributed by atoms with E-state index in [2.05, 4.69) is 23.3 Å². The summed E-state index contributed by atoms with van der Waals surface area (Å²) in [4.78, 5) is 22.3. The number of thioether (sulfide) groups is 1. The van der Waals surface area contributed by atoms with Gasteiger partial charge in [-0.15, -0.1) is 0 Å². The van der Waals surface area contributed by atoms with E-state index in [0.717, 1.165) is 11.1 Å². The van der Waals surface area contributed by atoms with Crippen LogP contribution in [0.15, 0.2) is 65.8 Å². The van der Waals surface area contributed by atoms with Crippen LogP contribution >= 0.6 is 11.8 Å². The molecular weight excluding hydrogens is 463 g/mol. The zero-order chi connectivity index (χ0) is 24.6. The number of halogens is 1. The van der Waals surface area contributed by atoms with Crippen molar-refractivity contribution >= 4 is 22.8 Å². The molecule has 2 atom stereocenters. The Morgan fingerprint density at radius 2 is 2.00 bits per heavy atom. The lowest BCUT2D eigenvalue weighted by Crippen LogP contribution is -2.54. The Kier molecular flexibility index (Phi) is 5.81. The number of rotatable bonds is 3. The molecule has 0 spiro atoms. The van der Waals surface area contributed by atoms with Crippen LogP contribution in [0.3, 0.4) is 0 Å². The van der Waals surface area contributed by atoms with E-state index in [-0.39, 0.29) is 5.91 Å². The number of carbonyl (C=O) groups is 1. The number of aliphatic imine (C=N–C) groups is 1. The van der Waals surface area contributed by atoms with Crippen LogP contribution in [0.5, 0.6) is 5.88 Å². The third kappa shape index (κ3) is 3.86. The Hall–Kier alpha value is -3.70. The summed E-state index contributed by atoms with van der Waals surface area (Å²) >= 11 is 1.45. The lowest BCUT2D eigenvalue weighted by molar-refractivity contribution is 0.0975. The number of nitriles is 1. The number of amidine groups is 1. The number of benzene rings is 2. The minimum absolute atomic E-state index is 0.280. The summed E-state index contributed by atoms with van der Waals surface area (Å²) in [6.45, 7) is 2.09. The van der Waals surface area contributed by atoms with Crippen LogP contribution in [0.25, 0.3) is 0 Å². The van der Waals surface area contributed by atoms with Crippen molar-refractivity contribution in [3.63, 3.8) is 0 Å². The number of hydrogen-bond acceptors (Lipinski definition) is 6. The molecule has 1 aliphatic heterocycles. The summed E-state index contributed by atoms with van der Waals surface area (Å²) in [6.07, 6.45) is 2.66. The first kappa shape index (κ1) is 23.1. The molecule has 6 nitrogen and oxygen atoms in total. The van der Waals surface area contributed by atoms with Gasteiger partial charge >= 0.3 is 0 Å². The van der Waals surface area contributed by atoms with Gasteiger partial charge in [-0.05, 0) is 48.4 Å². The Morgan fingerprint density at radius 3 is 2.74 bits per heavy atom. The fourth-order valence-electron chi connectivity index (χ4n) is 5.07. The topological polar surface area (TPSA) is 87.4 Å². The van der Waals surface area contributed by atoms with Crippen molar-refractivity contribution in [3.05, 3.63) is 94.4 Å². The van der Waals surface area contributed by atoms with Gasteiger partial charge in [0, 0.05) is 40.5 Å². The first-order valence-corrected chi connectivity index (χ1v) is 12.2. The Labute approximate surface area is 207 Å². The fraction of sp³-hybridized carbons (Fsp3) is 0.259. The number of fused-ring (bicyclic) bond motifs is 2. The van der Waals surface area contributed by atoms with Crippen molar-refractivity contribution in [3.8, 4) is 11.9 Å². The molecule has 35 heavy (non-hydrogen) atoms. The Balaban J connectivity index is 1.69. The second kappa shape index (κ2) is 8.82. The van der Waals surface area contributed by atoms with Crippen molar-refractivity contribution < 1.29 is 13.9 Å². The maximum absolute atomic E-state index is 15.5. The average molecular weight is 487 g/mol. The summed E-state index contributed by atoms with van der Waals surface area (Å²) < 4.78 is 21.1. The molecule has 0 unspecified atom stereocenters. The number of nitrogens with zero attached hydrogens (tertiary/aromatic N) is 3. The van der Waals surface area contributed by atoms with Crippen LogP contribution in [-0.2, 0) is 18.4 Å². The zero-order valence-corrected chi connectivity index (χ0v) is 20.2. The van der Waals surface area contributed by atoms with Gasteiger partial charge in [0.05, 0.1) is 18.7 Å². The van der Waals surface area contributed by atoms with Gasteiger partial charge in [-0.25, -0.2) is 14.4 Å². The van der Waals surface area contributed by atoms with Gasteiger partial charge < -0.3 is 10.1 Å². The van der Waals surface area contributed by atoms with Crippen molar-refractivity contribution in [2.24, 2.45) is 10.4 Å². The first-order valence-electron chi connectivity index (χ1n) is 11.2. The van der Waals surface area contributed by atoms with E-state index < -0.39 is 16.8 Å². The fourth-order valence-corrected chi connectivity index (χ4v) is 6.25. The molecule has 1 aromatic heterocycles. The highest BCUT2D eigenvalue weighted by atomic mass is 32.2. The molecule has 2 aromatic carbocycles. The van der Waals surface area contributed by atoms with E-state index in [4.69, 9.17) is 9.73 Å². The standard InChI is InChI=1S/C27H23FN4O2S/c1-26-13-19-10-11-30-24(34-2)20(19)14-27(26,21-12-17(15-29)8-9-22(21)28)32-25(35-16-26)31-23(33)18-6-4-3-5-7-18/h3-12H,13-14,16H2,1-2H3,(H,31,32,33)/t26-,27+/m0/s1. The summed E-state index contributed by atoms with van der Waals surface area (Å²) in [5, 5.41) is 12.9. The van der Waals surface area contributed by atoms with E-state index in [1.807, 2.05) is 12.1 Å². The number of hydrogen-bond donors (Lipinski definition) is 1. The summed E-state index contributed by atoms with van der Waals surface area (Å²) in [7, 11) is 1.56. The molecule has 0 bridgehead atoms. The monoisotopic (exact) mass is 486 g/mol. The predicted molar refractivity (Wildman–Crippen MR) is 133 cm³/mol. The number of aromatic nitrogens is 1. The van der Waals surface area contributed by atoms with Gasteiger partial charge in [-0.3, -0.25) is 4.79 Å². The molecule has 0 saturated heterocycles. The van der Waals surface area contributed by atoms with Crippen LogP contribution in [-0.4, -0.2) is 28.9 Å². The molecule has 1 aliphatic carbocycles. The van der Waals surface area contributed by atoms with Crippen LogP contribution in [0.4, 0.5) is 4.39 Å². The minimum Gasteiger partial charge on any atom is -0.481 e. The third-order valence-electron chi connectivity index (χ3n) is 6.94. The van der Waals surface area contributed by atoms with E-state index in [0.29, 0.717) is 46.3 Å². The Morgan fingerprint density at radius 1 is 1.20 bits per heavy atom. The summed E-state index contributed by atoms with van der Waals surface area (Å²) in [6, 6.07) is 17.3. The molecule has 0 saturated carbocycles. The highest BCUT2D eigenvalue weighted by molar-refractivity contribution is 8.14. The van der Waals surface area contributed by atoms with E-state index in [9.17, 15) is 10.1 Å². The Bertz CT molecular complexity index is 1390. The van der Waals surface area contributed by atoms with Gasteiger partial charge in [-0.1, -0.05) is 36.9 Å². The van der Waals surface area contributed by atoms with Crippen molar-refractivity contribution in [2.75, 3.05) is 12.9 Å². The second-order valence-electron chi connectivity index (χ2n) is 9.06. The quantitative estimate of drug-likeness (QED) is 0.583. The molecule has 2 heterocycles. The van der Waals surface area contributed by atoms with Crippen molar-refractivity contribution in [2.45, 2.75) is 25.3 Å². The SMILES string of the molecule is COc1nccc2c1C[C@]1(c3cc(C#N)ccc3F)N=C(NC(=O)c3ccccc3)SC[C@]1(C)C2. The number of nitrogens with one attached hydrogen (secondary N) is 1. The molecule has 0 radical (unpaired) electrons. The molecule has 8 heteroatoms. The van der Waals surface area contributed by atoms with E-state index >= 15 is 4.39 Å². The van der Waals surface area contributed by atoms with Crippen LogP contribution < -0.4 is 10.1 Å².